The van der Waals surface area contributed by atoms with Gasteiger partial charge in [0.25, 0.3) is 11.5 Å². The molecule has 0 radical (unpaired) electrons. The summed E-state index contributed by atoms with van der Waals surface area (Å²) in [4.78, 5) is 52.8. The molecule has 1 amide bonds. The Labute approximate surface area is 176 Å². The van der Waals surface area contributed by atoms with Gasteiger partial charge < -0.3 is 14.9 Å². The molecule has 0 fully saturated rings. The Morgan fingerprint density at radius 3 is 2.48 bits per heavy atom. The number of aromatic amines is 1. The molecule has 0 aliphatic carbocycles. The second kappa shape index (κ2) is 7.91. The summed E-state index contributed by atoms with van der Waals surface area (Å²) in [6.07, 6.45) is 1.50. The van der Waals surface area contributed by atoms with E-state index in [2.05, 4.69) is 10.3 Å². The van der Waals surface area contributed by atoms with E-state index in [1.807, 2.05) is 30.3 Å². The monoisotopic (exact) mass is 416 g/mol. The van der Waals surface area contributed by atoms with Gasteiger partial charge in [-0.3, -0.25) is 19.0 Å². The number of carbonyl (C=O) groups excluding carboxylic acids is 2. The largest absolute Gasteiger partial charge is 0.344 e. The molecule has 2 N–H and O–H groups in total. The molecule has 0 saturated carbocycles. The first kappa shape index (κ1) is 20.1. The maximum Gasteiger partial charge on any atom is 0.329 e. The van der Waals surface area contributed by atoms with Crippen LogP contribution in [0.3, 0.4) is 0 Å². The normalized spacial score (nSPS) is 10.9. The van der Waals surface area contributed by atoms with Crippen molar-refractivity contribution in [3.8, 4) is 0 Å². The molecular formula is C23H20N4O4. The highest BCUT2D eigenvalue weighted by Crippen LogP contribution is 2.18. The van der Waals surface area contributed by atoms with Crippen molar-refractivity contribution in [2.24, 2.45) is 7.05 Å². The number of Topliss-reactive ketones (excluding diaryl/α,β-unsaturated/α-hetero) is 1. The van der Waals surface area contributed by atoms with Crippen LogP contribution in [0.4, 0.5) is 5.69 Å². The zero-order valence-electron chi connectivity index (χ0n) is 17.0. The first-order valence-electron chi connectivity index (χ1n) is 9.63. The lowest BCUT2D eigenvalue weighted by atomic mass is 10.1. The summed E-state index contributed by atoms with van der Waals surface area (Å²) in [6.45, 7) is 1.56. The lowest BCUT2D eigenvalue weighted by Crippen LogP contribution is -2.36. The molecule has 8 nitrogen and oxygen atoms in total. The van der Waals surface area contributed by atoms with Crippen molar-refractivity contribution >= 4 is 28.4 Å². The first-order chi connectivity index (χ1) is 14.8. The zero-order chi connectivity index (χ0) is 22.1. The molecule has 0 aliphatic heterocycles. The second-order valence-corrected chi connectivity index (χ2v) is 7.28. The molecule has 4 rings (SSSR count). The molecule has 0 saturated heterocycles. The topological polar surface area (TPSA) is 106 Å². The van der Waals surface area contributed by atoms with Gasteiger partial charge in [-0.2, -0.15) is 0 Å². The standard InChI is InChI=1S/C23H20N4O4/c1-14(28)16-9-6-10-17(11-16)24-21(29)18-13-26(2)20-19(18)25-23(31)27(22(20)30)12-15-7-4-3-5-8-15/h3-11,13H,12H2,1-2H3,(H,24,29)(H,25,31). The van der Waals surface area contributed by atoms with Crippen LogP contribution in [0.15, 0.2) is 70.4 Å². The molecule has 8 heteroatoms. The van der Waals surface area contributed by atoms with E-state index < -0.39 is 17.2 Å². The Morgan fingerprint density at radius 2 is 1.77 bits per heavy atom. The number of hydrogen-bond acceptors (Lipinski definition) is 4. The number of carbonyl (C=O) groups is 2. The van der Waals surface area contributed by atoms with Crippen molar-refractivity contribution in [3.05, 3.63) is 98.3 Å². The molecule has 2 aromatic heterocycles. The molecule has 156 valence electrons. The minimum atomic E-state index is -0.597. The van der Waals surface area contributed by atoms with Crippen LogP contribution in [0.1, 0.15) is 33.2 Å². The molecule has 0 atom stereocenters. The van der Waals surface area contributed by atoms with Gasteiger partial charge in [-0.05, 0) is 24.6 Å². The molecule has 0 unspecified atom stereocenters. The number of H-pyrrole nitrogens is 1. The molecule has 0 aliphatic rings. The fourth-order valence-corrected chi connectivity index (χ4v) is 3.50. The van der Waals surface area contributed by atoms with E-state index in [0.717, 1.165) is 10.1 Å². The lowest BCUT2D eigenvalue weighted by Gasteiger charge is -2.07. The predicted molar refractivity (Wildman–Crippen MR) is 118 cm³/mol. The van der Waals surface area contributed by atoms with Gasteiger partial charge >= 0.3 is 5.69 Å². The van der Waals surface area contributed by atoms with Crippen molar-refractivity contribution < 1.29 is 9.59 Å². The molecular weight excluding hydrogens is 396 g/mol. The Bertz CT molecular complexity index is 1430. The van der Waals surface area contributed by atoms with Crippen molar-refractivity contribution in [2.45, 2.75) is 13.5 Å². The van der Waals surface area contributed by atoms with Gasteiger partial charge in [0.1, 0.15) is 5.52 Å². The second-order valence-electron chi connectivity index (χ2n) is 7.28. The SMILES string of the molecule is CC(=O)c1cccc(NC(=O)c2cn(C)c3c(=O)n(Cc4ccccc4)c(=O)[nH]c23)c1. The summed E-state index contributed by atoms with van der Waals surface area (Å²) in [5.74, 6) is -0.619. The van der Waals surface area contributed by atoms with Crippen LogP contribution in [0.25, 0.3) is 11.0 Å². The summed E-state index contributed by atoms with van der Waals surface area (Å²) in [5.41, 5.74) is 1.18. The number of amides is 1. The third-order valence-electron chi connectivity index (χ3n) is 5.06. The maximum atomic E-state index is 13.0. The first-order valence-corrected chi connectivity index (χ1v) is 9.63. The van der Waals surface area contributed by atoms with Crippen LogP contribution in [-0.4, -0.2) is 25.8 Å². The Balaban J connectivity index is 1.74. The number of benzene rings is 2. The summed E-state index contributed by atoms with van der Waals surface area (Å²) in [6, 6.07) is 15.7. The molecule has 31 heavy (non-hydrogen) atoms. The highest BCUT2D eigenvalue weighted by atomic mass is 16.2. The summed E-state index contributed by atoms with van der Waals surface area (Å²) < 4.78 is 2.63. The smallest absolute Gasteiger partial charge is 0.329 e. The number of rotatable bonds is 5. The number of nitrogens with one attached hydrogen (secondary N) is 2. The van der Waals surface area contributed by atoms with Gasteiger partial charge in [0.15, 0.2) is 5.78 Å². The van der Waals surface area contributed by atoms with E-state index in [1.54, 1.807) is 31.3 Å². The van der Waals surface area contributed by atoms with E-state index in [0.29, 0.717) is 11.3 Å². The number of fused-ring (bicyclic) bond motifs is 1. The predicted octanol–water partition coefficient (Wildman–Crippen LogP) is 2.53. The molecule has 2 aromatic carbocycles. The van der Waals surface area contributed by atoms with Gasteiger partial charge in [0.2, 0.25) is 0 Å². The van der Waals surface area contributed by atoms with Gasteiger partial charge in [0.05, 0.1) is 17.6 Å². The van der Waals surface area contributed by atoms with E-state index in [9.17, 15) is 19.2 Å². The fraction of sp³-hybridized carbons (Fsp3) is 0.130. The third kappa shape index (κ3) is 3.83. The van der Waals surface area contributed by atoms with Crippen LogP contribution in [0.5, 0.6) is 0 Å². The fourth-order valence-electron chi connectivity index (χ4n) is 3.50. The minimum Gasteiger partial charge on any atom is -0.344 e. The van der Waals surface area contributed by atoms with Gasteiger partial charge in [-0.1, -0.05) is 42.5 Å². The third-order valence-corrected chi connectivity index (χ3v) is 5.06. The van der Waals surface area contributed by atoms with Gasteiger partial charge in [0, 0.05) is 24.5 Å². The number of ketones is 1. The minimum absolute atomic E-state index is 0.121. The maximum absolute atomic E-state index is 13.0. The highest BCUT2D eigenvalue weighted by Gasteiger charge is 2.20. The Hall–Kier alpha value is -4.20. The molecule has 0 spiro atoms. The van der Waals surface area contributed by atoms with E-state index in [-0.39, 0.29) is 28.9 Å². The number of anilines is 1. The van der Waals surface area contributed by atoms with Crippen molar-refractivity contribution in [3.63, 3.8) is 0 Å². The molecule has 0 bridgehead atoms. The Kier molecular flexibility index (Phi) is 5.12. The number of nitrogens with zero attached hydrogens (tertiary/aromatic N) is 2. The van der Waals surface area contributed by atoms with Gasteiger partial charge in [-0.15, -0.1) is 0 Å². The van der Waals surface area contributed by atoms with E-state index in [1.165, 1.54) is 17.7 Å². The van der Waals surface area contributed by atoms with E-state index >= 15 is 0 Å². The average molecular weight is 416 g/mol. The van der Waals surface area contributed by atoms with Crippen LogP contribution >= 0.6 is 0 Å². The van der Waals surface area contributed by atoms with Gasteiger partial charge in [-0.25, -0.2) is 4.79 Å². The Morgan fingerprint density at radius 1 is 1.03 bits per heavy atom. The van der Waals surface area contributed by atoms with Crippen LogP contribution in [0.2, 0.25) is 0 Å². The van der Waals surface area contributed by atoms with Crippen molar-refractivity contribution in [2.75, 3.05) is 5.32 Å². The van der Waals surface area contributed by atoms with Crippen LogP contribution in [0, 0.1) is 0 Å². The summed E-state index contributed by atoms with van der Waals surface area (Å²) >= 11 is 0. The molecule has 4 aromatic rings. The van der Waals surface area contributed by atoms with Crippen LogP contribution < -0.4 is 16.6 Å². The number of aromatic nitrogens is 3. The average Bonchev–Trinajstić information content (AvgIpc) is 3.08. The number of aryl methyl sites for hydroxylation is 1. The summed E-state index contributed by atoms with van der Waals surface area (Å²) in [5, 5.41) is 2.72. The van der Waals surface area contributed by atoms with Crippen molar-refractivity contribution in [1.29, 1.82) is 0 Å². The molecule has 2 heterocycles. The lowest BCUT2D eigenvalue weighted by molar-refractivity contribution is 0.101. The highest BCUT2D eigenvalue weighted by molar-refractivity contribution is 6.12. The quantitative estimate of drug-likeness (QED) is 0.488. The summed E-state index contributed by atoms with van der Waals surface area (Å²) in [7, 11) is 1.64. The zero-order valence-corrected chi connectivity index (χ0v) is 17.0. The van der Waals surface area contributed by atoms with E-state index in [4.69, 9.17) is 0 Å². The van der Waals surface area contributed by atoms with Crippen LogP contribution in [-0.2, 0) is 13.6 Å². The number of hydrogen-bond donors (Lipinski definition) is 2. The van der Waals surface area contributed by atoms with Crippen molar-refractivity contribution in [1.82, 2.24) is 14.1 Å².